The SMILES string of the molecule is CC(C)c1cccc(Oc2nccc(CN)n2)c1. The van der Waals surface area contributed by atoms with Gasteiger partial charge in [-0.3, -0.25) is 0 Å². The Labute approximate surface area is 107 Å². The average molecular weight is 243 g/mol. The van der Waals surface area contributed by atoms with Gasteiger partial charge < -0.3 is 10.5 Å². The summed E-state index contributed by atoms with van der Waals surface area (Å²) in [5.74, 6) is 1.21. The van der Waals surface area contributed by atoms with Crippen LogP contribution in [0.1, 0.15) is 31.0 Å². The first-order chi connectivity index (χ1) is 8.69. The second-order valence-corrected chi connectivity index (χ2v) is 4.36. The summed E-state index contributed by atoms with van der Waals surface area (Å²) in [5, 5.41) is 0. The Bertz CT molecular complexity index is 526. The van der Waals surface area contributed by atoms with Gasteiger partial charge in [0.15, 0.2) is 0 Å². The Kier molecular flexibility index (Phi) is 3.89. The summed E-state index contributed by atoms with van der Waals surface area (Å²) < 4.78 is 5.63. The van der Waals surface area contributed by atoms with Crippen molar-refractivity contribution in [3.63, 3.8) is 0 Å². The van der Waals surface area contributed by atoms with E-state index < -0.39 is 0 Å². The molecular weight excluding hydrogens is 226 g/mol. The molecule has 0 saturated carbocycles. The van der Waals surface area contributed by atoms with Crippen LogP contribution in [0.3, 0.4) is 0 Å². The van der Waals surface area contributed by atoms with Crippen LogP contribution in [-0.2, 0) is 6.54 Å². The predicted molar refractivity (Wildman–Crippen MR) is 70.5 cm³/mol. The van der Waals surface area contributed by atoms with Crippen molar-refractivity contribution in [2.45, 2.75) is 26.3 Å². The highest BCUT2D eigenvalue weighted by Gasteiger charge is 2.04. The Morgan fingerprint density at radius 1 is 1.28 bits per heavy atom. The summed E-state index contributed by atoms with van der Waals surface area (Å²) in [6, 6.07) is 10.1. The van der Waals surface area contributed by atoms with E-state index in [2.05, 4.69) is 29.9 Å². The molecule has 4 heteroatoms. The lowest BCUT2D eigenvalue weighted by atomic mass is 10.0. The summed E-state index contributed by atoms with van der Waals surface area (Å²) in [5.41, 5.74) is 7.52. The Balaban J connectivity index is 2.20. The molecule has 18 heavy (non-hydrogen) atoms. The number of ether oxygens (including phenoxy) is 1. The van der Waals surface area contributed by atoms with Crippen LogP contribution in [0.5, 0.6) is 11.8 Å². The minimum Gasteiger partial charge on any atom is -0.424 e. The molecule has 0 aliphatic rings. The highest BCUT2D eigenvalue weighted by Crippen LogP contribution is 2.23. The van der Waals surface area contributed by atoms with Crippen LogP contribution in [0.15, 0.2) is 36.5 Å². The number of rotatable bonds is 4. The highest BCUT2D eigenvalue weighted by molar-refractivity contribution is 5.32. The zero-order valence-corrected chi connectivity index (χ0v) is 10.6. The fraction of sp³-hybridized carbons (Fsp3) is 0.286. The van der Waals surface area contributed by atoms with Crippen LogP contribution < -0.4 is 10.5 Å². The van der Waals surface area contributed by atoms with Crippen LogP contribution in [0.2, 0.25) is 0 Å². The van der Waals surface area contributed by atoms with Crippen LogP contribution in [0.4, 0.5) is 0 Å². The average Bonchev–Trinajstić information content (AvgIpc) is 2.39. The van der Waals surface area contributed by atoms with Crippen LogP contribution in [0, 0.1) is 0 Å². The van der Waals surface area contributed by atoms with Crippen molar-refractivity contribution in [1.82, 2.24) is 9.97 Å². The van der Waals surface area contributed by atoms with Crippen molar-refractivity contribution in [3.05, 3.63) is 47.8 Å². The van der Waals surface area contributed by atoms with Gasteiger partial charge in [0.25, 0.3) is 0 Å². The maximum atomic E-state index is 5.63. The van der Waals surface area contributed by atoms with Gasteiger partial charge in [0.1, 0.15) is 5.75 Å². The number of aromatic nitrogens is 2. The van der Waals surface area contributed by atoms with Crippen molar-refractivity contribution < 1.29 is 4.74 Å². The minimum absolute atomic E-state index is 0.332. The molecule has 0 aliphatic carbocycles. The van der Waals surface area contributed by atoms with E-state index in [4.69, 9.17) is 10.5 Å². The van der Waals surface area contributed by atoms with Crippen molar-refractivity contribution >= 4 is 0 Å². The Morgan fingerprint density at radius 3 is 2.83 bits per heavy atom. The first-order valence-electron chi connectivity index (χ1n) is 5.99. The minimum atomic E-state index is 0.332. The van der Waals surface area contributed by atoms with Crippen molar-refractivity contribution in [3.8, 4) is 11.8 Å². The van der Waals surface area contributed by atoms with Gasteiger partial charge in [-0.25, -0.2) is 4.98 Å². The lowest BCUT2D eigenvalue weighted by Crippen LogP contribution is -2.01. The predicted octanol–water partition coefficient (Wildman–Crippen LogP) is 2.85. The quantitative estimate of drug-likeness (QED) is 0.897. The third-order valence-electron chi connectivity index (χ3n) is 2.63. The first-order valence-corrected chi connectivity index (χ1v) is 5.99. The third kappa shape index (κ3) is 3.05. The van der Waals surface area contributed by atoms with Gasteiger partial charge >= 0.3 is 6.01 Å². The summed E-state index contributed by atoms with van der Waals surface area (Å²) in [7, 11) is 0. The molecule has 0 fully saturated rings. The first kappa shape index (κ1) is 12.5. The van der Waals surface area contributed by atoms with Crippen molar-refractivity contribution in [1.29, 1.82) is 0 Å². The zero-order valence-electron chi connectivity index (χ0n) is 10.6. The van der Waals surface area contributed by atoms with Gasteiger partial charge in [-0.05, 0) is 29.7 Å². The second kappa shape index (κ2) is 5.60. The van der Waals surface area contributed by atoms with E-state index in [0.717, 1.165) is 11.4 Å². The van der Waals surface area contributed by atoms with Crippen LogP contribution >= 0.6 is 0 Å². The largest absolute Gasteiger partial charge is 0.424 e. The molecule has 0 bridgehead atoms. The van der Waals surface area contributed by atoms with E-state index in [1.807, 2.05) is 18.2 Å². The number of hydrogen-bond donors (Lipinski definition) is 1. The lowest BCUT2D eigenvalue weighted by molar-refractivity contribution is 0.438. The molecule has 0 aliphatic heterocycles. The Morgan fingerprint density at radius 2 is 2.11 bits per heavy atom. The molecular formula is C14H17N3O. The van der Waals surface area contributed by atoms with Gasteiger partial charge in [-0.15, -0.1) is 0 Å². The van der Waals surface area contributed by atoms with Gasteiger partial charge in [-0.2, -0.15) is 4.98 Å². The molecule has 0 amide bonds. The molecule has 0 atom stereocenters. The summed E-state index contributed by atoms with van der Waals surface area (Å²) in [6.45, 7) is 4.67. The van der Waals surface area contributed by atoms with Gasteiger partial charge in [0.2, 0.25) is 0 Å². The molecule has 0 saturated heterocycles. The molecule has 0 spiro atoms. The highest BCUT2D eigenvalue weighted by atomic mass is 16.5. The maximum Gasteiger partial charge on any atom is 0.322 e. The number of benzene rings is 1. The maximum absolute atomic E-state index is 5.63. The second-order valence-electron chi connectivity index (χ2n) is 4.36. The zero-order chi connectivity index (χ0) is 13.0. The monoisotopic (exact) mass is 243 g/mol. The topological polar surface area (TPSA) is 61.0 Å². The van der Waals surface area contributed by atoms with E-state index in [0.29, 0.717) is 18.5 Å². The van der Waals surface area contributed by atoms with E-state index in [-0.39, 0.29) is 0 Å². The molecule has 2 aromatic rings. The molecule has 4 nitrogen and oxygen atoms in total. The fourth-order valence-electron chi connectivity index (χ4n) is 1.58. The molecule has 2 rings (SSSR count). The molecule has 0 radical (unpaired) electrons. The summed E-state index contributed by atoms with van der Waals surface area (Å²) in [4.78, 5) is 8.27. The van der Waals surface area contributed by atoms with E-state index in [9.17, 15) is 0 Å². The van der Waals surface area contributed by atoms with Crippen LogP contribution in [0.25, 0.3) is 0 Å². The molecule has 1 aromatic heterocycles. The normalized spacial score (nSPS) is 10.7. The lowest BCUT2D eigenvalue weighted by Gasteiger charge is -2.08. The van der Waals surface area contributed by atoms with Crippen molar-refractivity contribution in [2.24, 2.45) is 5.73 Å². The van der Waals surface area contributed by atoms with Gasteiger partial charge in [-0.1, -0.05) is 26.0 Å². The molecule has 2 N–H and O–H groups in total. The standard InChI is InChI=1S/C14H17N3O/c1-10(2)11-4-3-5-13(8-11)18-14-16-7-6-12(9-15)17-14/h3-8,10H,9,15H2,1-2H3. The number of nitrogens with zero attached hydrogens (tertiary/aromatic N) is 2. The summed E-state index contributed by atoms with van der Waals surface area (Å²) in [6.07, 6.45) is 1.65. The smallest absolute Gasteiger partial charge is 0.322 e. The fourth-order valence-corrected chi connectivity index (χ4v) is 1.58. The van der Waals surface area contributed by atoms with E-state index >= 15 is 0 Å². The third-order valence-corrected chi connectivity index (χ3v) is 2.63. The van der Waals surface area contributed by atoms with Gasteiger partial charge in [0, 0.05) is 12.7 Å². The van der Waals surface area contributed by atoms with Crippen LogP contribution in [-0.4, -0.2) is 9.97 Å². The molecule has 0 unspecified atom stereocenters. The number of nitrogens with two attached hydrogens (primary N) is 1. The molecule has 1 aromatic carbocycles. The Hall–Kier alpha value is -1.94. The summed E-state index contributed by atoms with van der Waals surface area (Å²) >= 11 is 0. The van der Waals surface area contributed by atoms with Crippen molar-refractivity contribution in [2.75, 3.05) is 0 Å². The van der Waals surface area contributed by atoms with E-state index in [1.165, 1.54) is 5.56 Å². The molecule has 1 heterocycles. The number of hydrogen-bond acceptors (Lipinski definition) is 4. The van der Waals surface area contributed by atoms with E-state index in [1.54, 1.807) is 12.3 Å². The van der Waals surface area contributed by atoms with Gasteiger partial charge in [0.05, 0.1) is 5.69 Å². The molecule has 94 valence electrons.